The zero-order valence-electron chi connectivity index (χ0n) is 16.4. The lowest BCUT2D eigenvalue weighted by Gasteiger charge is -2.09. The molecule has 0 radical (unpaired) electrons. The molecule has 0 fully saturated rings. The SMILES string of the molecule is Cc1[nH]c(C(=O)Nc2cccc(Cn3ccnc3)c2)c(C)c1C(=O)OC(C)C. The number of imidazole rings is 1. The van der Waals surface area contributed by atoms with Gasteiger partial charge < -0.3 is 19.6 Å². The molecule has 0 atom stereocenters. The minimum Gasteiger partial charge on any atom is -0.459 e. The number of hydrogen-bond acceptors (Lipinski definition) is 4. The van der Waals surface area contributed by atoms with Crippen LogP contribution in [0, 0.1) is 13.8 Å². The molecule has 0 aliphatic rings. The minimum atomic E-state index is -0.428. The Balaban J connectivity index is 1.77. The average molecular weight is 380 g/mol. The second kappa shape index (κ2) is 8.12. The molecular formula is C21H24N4O3. The molecule has 1 aromatic carbocycles. The second-order valence-electron chi connectivity index (χ2n) is 6.97. The standard InChI is InChI=1S/C21H24N4O3/c1-13(2)28-21(27)18-14(3)19(23-15(18)4)20(26)24-17-7-5-6-16(10-17)11-25-9-8-22-12-25/h5-10,12-13,23H,11H2,1-4H3,(H,24,26). The molecular weight excluding hydrogens is 356 g/mol. The Labute approximate surface area is 163 Å². The third-order valence-corrected chi connectivity index (χ3v) is 4.32. The zero-order chi connectivity index (χ0) is 20.3. The molecule has 0 saturated carbocycles. The van der Waals surface area contributed by atoms with E-state index in [2.05, 4.69) is 15.3 Å². The van der Waals surface area contributed by atoms with Crippen molar-refractivity contribution < 1.29 is 14.3 Å². The maximum atomic E-state index is 12.8. The quantitative estimate of drug-likeness (QED) is 0.638. The Hall–Kier alpha value is -3.35. The molecule has 146 valence electrons. The van der Waals surface area contributed by atoms with E-state index >= 15 is 0 Å². The second-order valence-corrected chi connectivity index (χ2v) is 6.97. The molecule has 2 N–H and O–H groups in total. The number of H-pyrrole nitrogens is 1. The van der Waals surface area contributed by atoms with E-state index in [-0.39, 0.29) is 12.0 Å². The smallest absolute Gasteiger partial charge is 0.340 e. The first-order chi connectivity index (χ1) is 13.3. The normalized spacial score (nSPS) is 10.9. The Kier molecular flexibility index (Phi) is 5.63. The van der Waals surface area contributed by atoms with Crippen molar-refractivity contribution in [3.05, 3.63) is 71.1 Å². The molecule has 0 saturated heterocycles. The number of aromatic amines is 1. The predicted molar refractivity (Wildman–Crippen MR) is 107 cm³/mol. The number of aryl methyl sites for hydroxylation is 1. The van der Waals surface area contributed by atoms with Gasteiger partial charge in [0, 0.05) is 30.3 Å². The van der Waals surface area contributed by atoms with Gasteiger partial charge in [0.05, 0.1) is 18.0 Å². The molecule has 2 heterocycles. The van der Waals surface area contributed by atoms with E-state index in [0.717, 1.165) is 5.56 Å². The molecule has 0 unspecified atom stereocenters. The van der Waals surface area contributed by atoms with Gasteiger partial charge in [-0.2, -0.15) is 0 Å². The van der Waals surface area contributed by atoms with E-state index in [9.17, 15) is 9.59 Å². The summed E-state index contributed by atoms with van der Waals surface area (Å²) >= 11 is 0. The van der Waals surface area contributed by atoms with Crippen LogP contribution in [-0.2, 0) is 11.3 Å². The topological polar surface area (TPSA) is 89.0 Å². The van der Waals surface area contributed by atoms with Gasteiger partial charge in [-0.15, -0.1) is 0 Å². The van der Waals surface area contributed by atoms with Crippen molar-refractivity contribution in [3.8, 4) is 0 Å². The van der Waals surface area contributed by atoms with Gasteiger partial charge in [0.1, 0.15) is 5.69 Å². The summed E-state index contributed by atoms with van der Waals surface area (Å²) in [4.78, 5) is 32.1. The molecule has 3 rings (SSSR count). The van der Waals surface area contributed by atoms with Crippen molar-refractivity contribution in [2.45, 2.75) is 40.3 Å². The molecule has 0 aliphatic heterocycles. The number of anilines is 1. The summed E-state index contributed by atoms with van der Waals surface area (Å²) in [7, 11) is 0. The number of amides is 1. The highest BCUT2D eigenvalue weighted by molar-refractivity contribution is 6.06. The number of nitrogens with one attached hydrogen (secondary N) is 2. The van der Waals surface area contributed by atoms with E-state index in [4.69, 9.17) is 4.74 Å². The fraction of sp³-hybridized carbons (Fsp3) is 0.286. The van der Waals surface area contributed by atoms with Crippen LogP contribution < -0.4 is 5.32 Å². The minimum absolute atomic E-state index is 0.225. The number of nitrogens with zero attached hydrogens (tertiary/aromatic N) is 2. The van der Waals surface area contributed by atoms with Gasteiger partial charge in [-0.05, 0) is 51.0 Å². The number of rotatable bonds is 6. The maximum Gasteiger partial charge on any atom is 0.340 e. The first-order valence-corrected chi connectivity index (χ1v) is 9.11. The van der Waals surface area contributed by atoms with E-state index in [1.54, 1.807) is 40.2 Å². The van der Waals surface area contributed by atoms with E-state index in [1.807, 2.05) is 35.0 Å². The van der Waals surface area contributed by atoms with Crippen LogP contribution in [0.4, 0.5) is 5.69 Å². The molecule has 1 amide bonds. The number of esters is 1. The highest BCUT2D eigenvalue weighted by Gasteiger charge is 2.23. The number of carbonyl (C=O) groups is 2. The third kappa shape index (κ3) is 4.31. The summed E-state index contributed by atoms with van der Waals surface area (Å²) < 4.78 is 7.23. The van der Waals surface area contributed by atoms with Crippen molar-refractivity contribution >= 4 is 17.6 Å². The van der Waals surface area contributed by atoms with Crippen LogP contribution in [0.25, 0.3) is 0 Å². The van der Waals surface area contributed by atoms with Crippen LogP contribution in [0.2, 0.25) is 0 Å². The van der Waals surface area contributed by atoms with Gasteiger partial charge in [-0.3, -0.25) is 4.79 Å². The van der Waals surface area contributed by atoms with Gasteiger partial charge in [0.25, 0.3) is 5.91 Å². The Morgan fingerprint density at radius 2 is 2.07 bits per heavy atom. The summed E-state index contributed by atoms with van der Waals surface area (Å²) in [5, 5.41) is 2.89. The lowest BCUT2D eigenvalue weighted by Crippen LogP contribution is -2.15. The first-order valence-electron chi connectivity index (χ1n) is 9.11. The first kappa shape index (κ1) is 19.4. The number of ether oxygens (including phenoxy) is 1. The van der Waals surface area contributed by atoms with Crippen molar-refractivity contribution in [1.82, 2.24) is 14.5 Å². The van der Waals surface area contributed by atoms with E-state index in [0.29, 0.717) is 34.7 Å². The highest BCUT2D eigenvalue weighted by Crippen LogP contribution is 2.21. The molecule has 7 heteroatoms. The van der Waals surface area contributed by atoms with Gasteiger partial charge in [-0.25, -0.2) is 9.78 Å². The highest BCUT2D eigenvalue weighted by atomic mass is 16.5. The summed E-state index contributed by atoms with van der Waals surface area (Å²) in [5.41, 5.74) is 3.68. The van der Waals surface area contributed by atoms with E-state index < -0.39 is 5.97 Å². The molecule has 0 spiro atoms. The summed E-state index contributed by atoms with van der Waals surface area (Å²) in [6.07, 6.45) is 5.13. The van der Waals surface area contributed by atoms with Gasteiger partial charge in [-0.1, -0.05) is 12.1 Å². The average Bonchev–Trinajstić information content (AvgIpc) is 3.22. The van der Waals surface area contributed by atoms with Crippen LogP contribution in [0.15, 0.2) is 43.0 Å². The lowest BCUT2D eigenvalue weighted by molar-refractivity contribution is 0.0376. The monoisotopic (exact) mass is 380 g/mol. The van der Waals surface area contributed by atoms with Crippen molar-refractivity contribution in [3.63, 3.8) is 0 Å². The summed E-state index contributed by atoms with van der Waals surface area (Å²) in [6, 6.07) is 7.62. The van der Waals surface area contributed by atoms with Crippen LogP contribution in [0.5, 0.6) is 0 Å². The van der Waals surface area contributed by atoms with Gasteiger partial charge >= 0.3 is 5.97 Å². The van der Waals surface area contributed by atoms with Gasteiger partial charge in [0.2, 0.25) is 0 Å². The molecule has 7 nitrogen and oxygen atoms in total. The van der Waals surface area contributed by atoms with Crippen molar-refractivity contribution in [2.75, 3.05) is 5.32 Å². The van der Waals surface area contributed by atoms with Crippen LogP contribution in [-0.4, -0.2) is 32.5 Å². The van der Waals surface area contributed by atoms with Crippen LogP contribution in [0.1, 0.15) is 51.5 Å². The number of benzene rings is 1. The molecule has 3 aromatic rings. The Morgan fingerprint density at radius 1 is 1.29 bits per heavy atom. The molecule has 28 heavy (non-hydrogen) atoms. The summed E-state index contributed by atoms with van der Waals surface area (Å²) in [5.74, 6) is -0.730. The van der Waals surface area contributed by atoms with E-state index in [1.165, 1.54) is 0 Å². The largest absolute Gasteiger partial charge is 0.459 e. The fourth-order valence-electron chi connectivity index (χ4n) is 3.09. The van der Waals surface area contributed by atoms with Crippen molar-refractivity contribution in [1.29, 1.82) is 0 Å². The third-order valence-electron chi connectivity index (χ3n) is 4.32. The summed E-state index contributed by atoms with van der Waals surface area (Å²) in [6.45, 7) is 7.74. The molecule has 0 aliphatic carbocycles. The molecule has 0 bridgehead atoms. The number of hydrogen-bond donors (Lipinski definition) is 2. The number of aromatic nitrogens is 3. The maximum absolute atomic E-state index is 12.8. The Morgan fingerprint density at radius 3 is 2.75 bits per heavy atom. The molecule has 2 aromatic heterocycles. The zero-order valence-corrected chi connectivity index (χ0v) is 16.4. The van der Waals surface area contributed by atoms with Crippen LogP contribution >= 0.6 is 0 Å². The number of carbonyl (C=O) groups excluding carboxylic acids is 2. The fourth-order valence-corrected chi connectivity index (χ4v) is 3.09. The van der Waals surface area contributed by atoms with Crippen molar-refractivity contribution in [2.24, 2.45) is 0 Å². The Bertz CT molecular complexity index is 987. The van der Waals surface area contributed by atoms with Gasteiger partial charge in [0.15, 0.2) is 0 Å². The van der Waals surface area contributed by atoms with Crippen LogP contribution in [0.3, 0.4) is 0 Å². The lowest BCUT2D eigenvalue weighted by atomic mass is 10.1. The predicted octanol–water partition coefficient (Wildman–Crippen LogP) is 3.69.